The molecule has 0 radical (unpaired) electrons. The number of allylic oxidation sites excluding steroid dienone is 1. The Bertz CT molecular complexity index is 788. The number of nitrogens with zero attached hydrogens (tertiary/aromatic N) is 2. The molecule has 0 saturated carbocycles. The minimum absolute atomic E-state index is 0.184. The molecule has 1 aliphatic heterocycles. The molecule has 1 aromatic rings. The molecule has 0 bridgehead atoms. The Morgan fingerprint density at radius 2 is 2.21 bits per heavy atom. The fourth-order valence-electron chi connectivity index (χ4n) is 2.80. The number of nitrogen functional groups attached to an aromatic ring is 1. The fourth-order valence-corrected chi connectivity index (χ4v) is 3.73. The van der Waals surface area contributed by atoms with Crippen molar-refractivity contribution < 1.29 is 0 Å². The molecule has 1 fully saturated rings. The molecule has 28 heavy (non-hydrogen) atoms. The second-order valence-corrected chi connectivity index (χ2v) is 7.39. The van der Waals surface area contributed by atoms with Crippen molar-refractivity contribution in [3.8, 4) is 12.3 Å². The normalized spacial score (nSPS) is 16.4. The molecule has 1 heterocycles. The van der Waals surface area contributed by atoms with Gasteiger partial charge in [-0.1, -0.05) is 12.0 Å². The van der Waals surface area contributed by atoms with Gasteiger partial charge in [-0.05, 0) is 17.7 Å². The van der Waals surface area contributed by atoms with E-state index in [-0.39, 0.29) is 12.7 Å². The second-order valence-electron chi connectivity index (χ2n) is 6.17. The van der Waals surface area contributed by atoms with E-state index in [1.807, 2.05) is 23.9 Å². The Morgan fingerprint density at radius 1 is 1.46 bits per heavy atom. The number of terminal acetylenes is 1. The van der Waals surface area contributed by atoms with E-state index in [0.717, 1.165) is 30.2 Å². The Morgan fingerprint density at radius 3 is 2.86 bits per heavy atom. The van der Waals surface area contributed by atoms with Gasteiger partial charge in [0.2, 0.25) is 0 Å². The predicted octanol–water partition coefficient (Wildman–Crippen LogP) is 1.47. The van der Waals surface area contributed by atoms with Gasteiger partial charge < -0.3 is 27.2 Å². The molecule has 8 heteroatoms. The molecule has 2 rings (SSSR count). The van der Waals surface area contributed by atoms with E-state index >= 15 is 0 Å². The van der Waals surface area contributed by atoms with Crippen molar-refractivity contribution in [3.63, 3.8) is 0 Å². The van der Waals surface area contributed by atoms with Crippen LogP contribution in [0.5, 0.6) is 0 Å². The average Bonchev–Trinajstić information content (AvgIpc) is 2.73. The highest BCUT2D eigenvalue weighted by molar-refractivity contribution is 7.99. The van der Waals surface area contributed by atoms with Crippen LogP contribution < -0.4 is 16.4 Å². The van der Waals surface area contributed by atoms with Crippen molar-refractivity contribution in [2.24, 2.45) is 4.99 Å². The molecule has 7 nitrogen and oxygen atoms in total. The van der Waals surface area contributed by atoms with Crippen molar-refractivity contribution in [3.05, 3.63) is 35.5 Å². The standard InChI is InChI=1S/C20H27N7S/c1-3-20(27-6-8-28-9-7-27)26-14-25-13-19(23)17-10-15(4-5-18(17)22)16(11-21)12-24-2/h1,4-5,10-12,14,20-21,23-24H,6-9,13,22H2,2H3,(H,25,26)/b16-12+,21-11?,23-19?. The zero-order valence-electron chi connectivity index (χ0n) is 16.0. The molecule has 0 aliphatic carbocycles. The molecular formula is C20H27N7S. The summed E-state index contributed by atoms with van der Waals surface area (Å²) in [4.78, 5) is 6.50. The number of thioether (sulfide) groups is 1. The Kier molecular flexibility index (Phi) is 8.59. The molecule has 6 N–H and O–H groups in total. The van der Waals surface area contributed by atoms with Crippen molar-refractivity contribution in [1.82, 2.24) is 15.5 Å². The molecule has 1 unspecified atom stereocenters. The highest BCUT2D eigenvalue weighted by Gasteiger charge is 2.17. The summed E-state index contributed by atoms with van der Waals surface area (Å²) in [7, 11) is 1.78. The first-order chi connectivity index (χ1) is 13.6. The monoisotopic (exact) mass is 397 g/mol. The molecule has 0 spiro atoms. The van der Waals surface area contributed by atoms with E-state index in [1.54, 1.807) is 25.7 Å². The smallest absolute Gasteiger partial charge is 0.144 e. The van der Waals surface area contributed by atoms with E-state index in [9.17, 15) is 0 Å². The number of anilines is 1. The van der Waals surface area contributed by atoms with E-state index in [0.29, 0.717) is 22.5 Å². The summed E-state index contributed by atoms with van der Waals surface area (Å²) in [5.74, 6) is 4.91. The Hall–Kier alpha value is -2.76. The van der Waals surface area contributed by atoms with E-state index in [4.69, 9.17) is 23.0 Å². The maximum Gasteiger partial charge on any atom is 0.144 e. The first-order valence-corrected chi connectivity index (χ1v) is 10.1. The SMILES string of the molecule is C#CC(N/C=N\CC(=N)c1cc(/C(C=N)=C/NC)ccc1N)N1CCSCC1. The highest BCUT2D eigenvalue weighted by atomic mass is 32.2. The molecule has 0 aromatic heterocycles. The van der Waals surface area contributed by atoms with Gasteiger partial charge in [0.25, 0.3) is 0 Å². The van der Waals surface area contributed by atoms with Gasteiger partial charge in [-0.2, -0.15) is 11.8 Å². The summed E-state index contributed by atoms with van der Waals surface area (Å²) < 4.78 is 0. The fraction of sp³-hybridized carbons (Fsp3) is 0.350. The van der Waals surface area contributed by atoms with Crippen molar-refractivity contribution >= 4 is 41.3 Å². The number of hydrogen-bond donors (Lipinski definition) is 5. The van der Waals surface area contributed by atoms with Gasteiger partial charge in [0.1, 0.15) is 6.17 Å². The van der Waals surface area contributed by atoms with Crippen LogP contribution in [0.15, 0.2) is 29.4 Å². The minimum Gasteiger partial charge on any atom is -0.398 e. The van der Waals surface area contributed by atoms with Crippen LogP contribution in [0.2, 0.25) is 0 Å². The highest BCUT2D eigenvalue weighted by Crippen LogP contribution is 2.20. The third-order valence-corrected chi connectivity index (χ3v) is 5.25. The van der Waals surface area contributed by atoms with E-state index in [2.05, 4.69) is 26.4 Å². The summed E-state index contributed by atoms with van der Waals surface area (Å²) in [5, 5.41) is 21.9. The largest absolute Gasteiger partial charge is 0.398 e. The molecular weight excluding hydrogens is 370 g/mol. The van der Waals surface area contributed by atoms with Crippen LogP contribution in [0.3, 0.4) is 0 Å². The van der Waals surface area contributed by atoms with Gasteiger partial charge in [0.05, 0.1) is 18.6 Å². The quantitative estimate of drug-likeness (QED) is 0.187. The number of aliphatic imine (C=N–C) groups is 1. The molecule has 148 valence electrons. The van der Waals surface area contributed by atoms with Crippen LogP contribution in [-0.4, -0.2) is 67.5 Å². The zero-order valence-corrected chi connectivity index (χ0v) is 16.9. The lowest BCUT2D eigenvalue weighted by atomic mass is 10.0. The van der Waals surface area contributed by atoms with Gasteiger partial charge in [-0.25, -0.2) is 0 Å². The lowest BCUT2D eigenvalue weighted by Gasteiger charge is -2.30. The Labute approximate surface area is 170 Å². The van der Waals surface area contributed by atoms with Crippen molar-refractivity contribution in [2.45, 2.75) is 6.17 Å². The lowest BCUT2D eigenvalue weighted by Crippen LogP contribution is -2.48. The topological polar surface area (TPSA) is 113 Å². The van der Waals surface area contributed by atoms with E-state index in [1.165, 1.54) is 6.21 Å². The third-order valence-electron chi connectivity index (χ3n) is 4.31. The number of hydrogen-bond acceptors (Lipinski definition) is 7. The van der Waals surface area contributed by atoms with Crippen LogP contribution in [0.25, 0.3) is 5.57 Å². The van der Waals surface area contributed by atoms with Crippen LogP contribution in [0.1, 0.15) is 11.1 Å². The minimum atomic E-state index is -0.186. The third kappa shape index (κ3) is 5.87. The average molecular weight is 398 g/mol. The van der Waals surface area contributed by atoms with Crippen LogP contribution in [0.4, 0.5) is 5.69 Å². The summed E-state index contributed by atoms with van der Waals surface area (Å²) >= 11 is 1.93. The van der Waals surface area contributed by atoms with Gasteiger partial charge in [-0.3, -0.25) is 9.89 Å². The summed E-state index contributed by atoms with van der Waals surface area (Å²) in [6.45, 7) is 2.09. The molecule has 0 amide bonds. The van der Waals surface area contributed by atoms with E-state index < -0.39 is 0 Å². The summed E-state index contributed by atoms with van der Waals surface area (Å²) in [5.41, 5.74) is 8.99. The van der Waals surface area contributed by atoms with Crippen LogP contribution in [0, 0.1) is 23.2 Å². The van der Waals surface area contributed by atoms with Gasteiger partial charge >= 0.3 is 0 Å². The zero-order chi connectivity index (χ0) is 20.4. The molecule has 1 saturated heterocycles. The van der Waals surface area contributed by atoms with Crippen molar-refractivity contribution in [1.29, 1.82) is 10.8 Å². The summed E-state index contributed by atoms with van der Waals surface area (Å²) in [6, 6.07) is 5.39. The van der Waals surface area contributed by atoms with Gasteiger partial charge in [-0.15, -0.1) is 6.42 Å². The maximum absolute atomic E-state index is 8.33. The predicted molar refractivity (Wildman–Crippen MR) is 122 cm³/mol. The lowest BCUT2D eigenvalue weighted by molar-refractivity contribution is 0.249. The van der Waals surface area contributed by atoms with Crippen LogP contribution in [-0.2, 0) is 0 Å². The number of nitrogens with two attached hydrogens (primary N) is 1. The first kappa shape index (κ1) is 21.5. The maximum atomic E-state index is 8.33. The van der Waals surface area contributed by atoms with Gasteiger partial charge in [0, 0.05) is 60.9 Å². The van der Waals surface area contributed by atoms with Crippen molar-refractivity contribution in [2.75, 3.05) is 43.9 Å². The van der Waals surface area contributed by atoms with Crippen LogP contribution >= 0.6 is 11.8 Å². The number of nitrogens with one attached hydrogen (secondary N) is 4. The van der Waals surface area contributed by atoms with Gasteiger partial charge in [0.15, 0.2) is 0 Å². The number of benzene rings is 1. The molecule has 1 aliphatic rings. The number of rotatable bonds is 9. The Balaban J connectivity index is 2.00. The summed E-state index contributed by atoms with van der Waals surface area (Å²) in [6.07, 6.45) is 10.0. The second kappa shape index (κ2) is 11.2. The molecule has 1 aromatic carbocycles. The molecule has 1 atom stereocenters. The first-order valence-electron chi connectivity index (χ1n) is 8.98.